The SMILES string of the molecule is Cc1ccccc1C(O)Cc1ccc(F)c(F)c1. The fraction of sp³-hybridized carbons (Fsp3) is 0.200. The zero-order valence-corrected chi connectivity index (χ0v) is 10.0. The highest BCUT2D eigenvalue weighted by Crippen LogP contribution is 2.22. The molecule has 2 aromatic rings. The van der Waals surface area contributed by atoms with E-state index < -0.39 is 17.7 Å². The van der Waals surface area contributed by atoms with Crippen molar-refractivity contribution in [2.75, 3.05) is 0 Å². The maximum atomic E-state index is 13.1. The molecule has 0 aliphatic rings. The van der Waals surface area contributed by atoms with Crippen molar-refractivity contribution in [3.05, 3.63) is 70.8 Å². The Labute approximate surface area is 105 Å². The summed E-state index contributed by atoms with van der Waals surface area (Å²) in [6.45, 7) is 1.91. The standard InChI is InChI=1S/C15H14F2O/c1-10-4-2-3-5-12(10)15(18)9-11-6-7-13(16)14(17)8-11/h2-8,15,18H,9H2,1H3. The number of rotatable bonds is 3. The van der Waals surface area contributed by atoms with E-state index in [1.54, 1.807) is 0 Å². The zero-order valence-electron chi connectivity index (χ0n) is 10.0. The summed E-state index contributed by atoms with van der Waals surface area (Å²) in [6, 6.07) is 11.2. The number of hydrogen-bond acceptors (Lipinski definition) is 1. The second-order valence-electron chi connectivity index (χ2n) is 4.32. The van der Waals surface area contributed by atoms with Crippen molar-refractivity contribution in [3.63, 3.8) is 0 Å². The first-order valence-corrected chi connectivity index (χ1v) is 5.75. The average Bonchev–Trinajstić information content (AvgIpc) is 2.34. The molecule has 2 aromatic carbocycles. The molecule has 0 aliphatic heterocycles. The van der Waals surface area contributed by atoms with Crippen LogP contribution in [0.3, 0.4) is 0 Å². The van der Waals surface area contributed by atoms with Gasteiger partial charge in [-0.05, 0) is 35.7 Å². The van der Waals surface area contributed by atoms with Crippen LogP contribution in [0.25, 0.3) is 0 Å². The Bertz CT molecular complexity index is 552. The highest BCUT2D eigenvalue weighted by Gasteiger charge is 2.12. The Morgan fingerprint density at radius 3 is 2.44 bits per heavy atom. The third kappa shape index (κ3) is 2.74. The normalized spacial score (nSPS) is 12.4. The van der Waals surface area contributed by atoms with Crippen molar-refractivity contribution in [3.8, 4) is 0 Å². The predicted molar refractivity (Wildman–Crippen MR) is 66.2 cm³/mol. The minimum Gasteiger partial charge on any atom is -0.388 e. The maximum Gasteiger partial charge on any atom is 0.159 e. The van der Waals surface area contributed by atoms with Gasteiger partial charge >= 0.3 is 0 Å². The number of aliphatic hydroxyl groups is 1. The zero-order chi connectivity index (χ0) is 13.1. The Hall–Kier alpha value is -1.74. The third-order valence-corrected chi connectivity index (χ3v) is 2.96. The molecule has 0 aliphatic carbocycles. The highest BCUT2D eigenvalue weighted by molar-refractivity contribution is 5.29. The minimum atomic E-state index is -0.885. The second-order valence-corrected chi connectivity index (χ2v) is 4.32. The molecular formula is C15H14F2O. The van der Waals surface area contributed by atoms with E-state index in [1.165, 1.54) is 6.07 Å². The molecule has 0 radical (unpaired) electrons. The van der Waals surface area contributed by atoms with Crippen LogP contribution in [0.5, 0.6) is 0 Å². The molecule has 2 rings (SSSR count). The van der Waals surface area contributed by atoms with Crippen LogP contribution in [0.2, 0.25) is 0 Å². The maximum absolute atomic E-state index is 13.1. The first-order chi connectivity index (χ1) is 8.58. The predicted octanol–water partition coefficient (Wildman–Crippen LogP) is 3.55. The van der Waals surface area contributed by atoms with Crippen LogP contribution in [0.1, 0.15) is 22.8 Å². The van der Waals surface area contributed by atoms with Crippen molar-refractivity contribution in [1.29, 1.82) is 0 Å². The van der Waals surface area contributed by atoms with Gasteiger partial charge in [0.2, 0.25) is 0 Å². The van der Waals surface area contributed by atoms with Gasteiger partial charge in [-0.2, -0.15) is 0 Å². The molecule has 0 aromatic heterocycles. The molecule has 0 heterocycles. The van der Waals surface area contributed by atoms with Crippen LogP contribution >= 0.6 is 0 Å². The van der Waals surface area contributed by atoms with Crippen molar-refractivity contribution < 1.29 is 13.9 Å². The van der Waals surface area contributed by atoms with Crippen LogP contribution in [-0.2, 0) is 6.42 Å². The van der Waals surface area contributed by atoms with Crippen LogP contribution in [-0.4, -0.2) is 5.11 Å². The average molecular weight is 248 g/mol. The number of aryl methyl sites for hydroxylation is 1. The van der Waals surface area contributed by atoms with Crippen molar-refractivity contribution >= 4 is 0 Å². The van der Waals surface area contributed by atoms with Crippen molar-refractivity contribution in [1.82, 2.24) is 0 Å². The molecule has 94 valence electrons. The molecule has 0 fully saturated rings. The Kier molecular flexibility index (Phi) is 3.72. The molecular weight excluding hydrogens is 234 g/mol. The molecule has 1 atom stereocenters. The van der Waals surface area contributed by atoms with Gasteiger partial charge in [0.25, 0.3) is 0 Å². The van der Waals surface area contributed by atoms with Crippen molar-refractivity contribution in [2.24, 2.45) is 0 Å². The van der Waals surface area contributed by atoms with Crippen LogP contribution in [0.4, 0.5) is 8.78 Å². The quantitative estimate of drug-likeness (QED) is 0.880. The van der Waals surface area contributed by atoms with Gasteiger partial charge in [0, 0.05) is 6.42 Å². The lowest BCUT2D eigenvalue weighted by Crippen LogP contribution is -2.04. The van der Waals surface area contributed by atoms with E-state index in [0.717, 1.165) is 23.3 Å². The number of aliphatic hydroxyl groups excluding tert-OH is 1. The lowest BCUT2D eigenvalue weighted by molar-refractivity contribution is 0.177. The summed E-state index contributed by atoms with van der Waals surface area (Å²) in [7, 11) is 0. The summed E-state index contributed by atoms with van der Waals surface area (Å²) in [5.41, 5.74) is 2.36. The largest absolute Gasteiger partial charge is 0.388 e. The first-order valence-electron chi connectivity index (χ1n) is 5.75. The first kappa shape index (κ1) is 12.7. The summed E-state index contributed by atoms with van der Waals surface area (Å²) >= 11 is 0. The second kappa shape index (κ2) is 5.27. The smallest absolute Gasteiger partial charge is 0.159 e. The van der Waals surface area contributed by atoms with Gasteiger partial charge < -0.3 is 5.11 Å². The fourth-order valence-corrected chi connectivity index (χ4v) is 1.96. The van der Waals surface area contributed by atoms with E-state index in [0.29, 0.717) is 5.56 Å². The van der Waals surface area contributed by atoms with Gasteiger partial charge in [0.05, 0.1) is 6.10 Å². The Morgan fingerprint density at radius 2 is 1.78 bits per heavy atom. The summed E-state index contributed by atoms with van der Waals surface area (Å²) in [5.74, 6) is -1.76. The van der Waals surface area contributed by atoms with E-state index >= 15 is 0 Å². The van der Waals surface area contributed by atoms with Crippen LogP contribution in [0.15, 0.2) is 42.5 Å². The third-order valence-electron chi connectivity index (χ3n) is 2.96. The number of hydrogen-bond donors (Lipinski definition) is 1. The summed E-state index contributed by atoms with van der Waals surface area (Å²) < 4.78 is 25.8. The Morgan fingerprint density at radius 1 is 1.06 bits per heavy atom. The molecule has 0 saturated heterocycles. The van der Waals surface area contributed by atoms with Gasteiger partial charge in [-0.1, -0.05) is 30.3 Å². The molecule has 1 nitrogen and oxygen atoms in total. The highest BCUT2D eigenvalue weighted by atomic mass is 19.2. The van der Waals surface area contributed by atoms with Gasteiger partial charge in [0.1, 0.15) is 0 Å². The minimum absolute atomic E-state index is 0.266. The number of benzene rings is 2. The van der Waals surface area contributed by atoms with Crippen molar-refractivity contribution in [2.45, 2.75) is 19.4 Å². The fourth-order valence-electron chi connectivity index (χ4n) is 1.96. The number of halogens is 2. The van der Waals surface area contributed by atoms with Gasteiger partial charge in [-0.3, -0.25) is 0 Å². The van der Waals surface area contributed by atoms with Crippen LogP contribution in [0, 0.1) is 18.6 Å². The Balaban J connectivity index is 2.19. The van der Waals surface area contributed by atoms with Gasteiger partial charge in [-0.15, -0.1) is 0 Å². The molecule has 0 saturated carbocycles. The molecule has 1 unspecified atom stereocenters. The summed E-state index contributed by atoms with van der Waals surface area (Å²) in [4.78, 5) is 0. The summed E-state index contributed by atoms with van der Waals surface area (Å²) in [6.07, 6.45) is -0.446. The van der Waals surface area contributed by atoms with Crippen LogP contribution < -0.4 is 0 Å². The molecule has 3 heteroatoms. The lowest BCUT2D eigenvalue weighted by Gasteiger charge is -2.13. The van der Waals surface area contributed by atoms with E-state index in [2.05, 4.69) is 0 Å². The molecule has 0 bridgehead atoms. The topological polar surface area (TPSA) is 20.2 Å². The van der Waals surface area contributed by atoms with E-state index in [4.69, 9.17) is 0 Å². The van der Waals surface area contributed by atoms with E-state index in [1.807, 2.05) is 31.2 Å². The van der Waals surface area contributed by atoms with E-state index in [-0.39, 0.29) is 6.42 Å². The van der Waals surface area contributed by atoms with Gasteiger partial charge in [-0.25, -0.2) is 8.78 Å². The molecule has 0 spiro atoms. The lowest BCUT2D eigenvalue weighted by atomic mass is 9.98. The van der Waals surface area contributed by atoms with Gasteiger partial charge in [0.15, 0.2) is 11.6 Å². The molecule has 0 amide bonds. The van der Waals surface area contributed by atoms with E-state index in [9.17, 15) is 13.9 Å². The molecule has 1 N–H and O–H groups in total. The molecule has 18 heavy (non-hydrogen) atoms. The monoisotopic (exact) mass is 248 g/mol. The summed E-state index contributed by atoms with van der Waals surface area (Å²) in [5, 5.41) is 10.1.